The minimum Gasteiger partial charge on any atom is -0.461 e. The van der Waals surface area contributed by atoms with Gasteiger partial charge < -0.3 is 19.5 Å². The molecular formula is C37H53NO7. The number of benzene rings is 1. The van der Waals surface area contributed by atoms with Crippen LogP contribution in [0.2, 0.25) is 0 Å². The second-order valence-electron chi connectivity index (χ2n) is 15.8. The van der Waals surface area contributed by atoms with Crippen LogP contribution in [0.15, 0.2) is 30.3 Å². The Hall–Kier alpha value is -2.90. The zero-order valence-electron chi connectivity index (χ0n) is 28.1. The molecular weight excluding hydrogens is 570 g/mol. The van der Waals surface area contributed by atoms with Gasteiger partial charge in [0.25, 0.3) is 0 Å². The molecule has 4 fully saturated rings. The average Bonchev–Trinajstić information content (AvgIpc) is 3.33. The molecule has 9 atom stereocenters. The van der Waals surface area contributed by atoms with Crippen molar-refractivity contribution in [1.29, 1.82) is 0 Å². The molecule has 45 heavy (non-hydrogen) atoms. The SMILES string of the molecule is CC(=O)[C@H]1CCC2C3CC[C@@H]4C[C@H](OC(=O)[C@H](CC(=O)OCc5ccccc5)NC(=O)OC(C)(C)C)CC[C@]4(C)C3CC[C@@]21C. The van der Waals surface area contributed by atoms with Gasteiger partial charge in [0.15, 0.2) is 0 Å². The van der Waals surface area contributed by atoms with E-state index in [0.29, 0.717) is 29.5 Å². The lowest BCUT2D eigenvalue weighted by molar-refractivity contribution is -0.167. The number of nitrogens with one attached hydrogen (secondary N) is 1. The maximum atomic E-state index is 13.5. The fourth-order valence-electron chi connectivity index (χ4n) is 9.85. The molecule has 0 aliphatic heterocycles. The van der Waals surface area contributed by atoms with E-state index in [4.69, 9.17) is 14.2 Å². The first-order valence-electron chi connectivity index (χ1n) is 17.1. The number of carbonyl (C=O) groups excluding carboxylic acids is 4. The van der Waals surface area contributed by atoms with Crippen molar-refractivity contribution in [2.24, 2.45) is 40.4 Å². The Kier molecular flexibility index (Phi) is 9.72. The quantitative estimate of drug-likeness (QED) is 0.242. The molecule has 4 aliphatic carbocycles. The molecule has 1 aromatic rings. The summed E-state index contributed by atoms with van der Waals surface area (Å²) in [6.45, 7) is 11.9. The first kappa shape index (κ1) is 33.5. The Morgan fingerprint density at radius 1 is 0.911 bits per heavy atom. The summed E-state index contributed by atoms with van der Waals surface area (Å²) in [7, 11) is 0. The molecule has 0 saturated heterocycles. The molecule has 1 N–H and O–H groups in total. The molecule has 4 saturated carbocycles. The van der Waals surface area contributed by atoms with Crippen LogP contribution in [0.5, 0.6) is 0 Å². The van der Waals surface area contributed by atoms with E-state index in [1.807, 2.05) is 30.3 Å². The van der Waals surface area contributed by atoms with Crippen LogP contribution in [0.1, 0.15) is 111 Å². The van der Waals surface area contributed by atoms with Crippen molar-refractivity contribution < 1.29 is 33.4 Å². The second kappa shape index (κ2) is 13.1. The molecule has 8 heteroatoms. The highest BCUT2D eigenvalue weighted by Gasteiger charge is 2.61. The first-order chi connectivity index (χ1) is 21.2. The lowest BCUT2D eigenvalue weighted by Crippen LogP contribution is -2.54. The Balaban J connectivity index is 1.21. The van der Waals surface area contributed by atoms with Crippen LogP contribution in [-0.4, -0.2) is 41.6 Å². The molecule has 1 aromatic carbocycles. The molecule has 0 aromatic heterocycles. The second-order valence-corrected chi connectivity index (χ2v) is 15.8. The number of esters is 2. The summed E-state index contributed by atoms with van der Waals surface area (Å²) in [5.41, 5.74) is 0.401. The predicted molar refractivity (Wildman–Crippen MR) is 170 cm³/mol. The van der Waals surface area contributed by atoms with E-state index in [9.17, 15) is 19.2 Å². The largest absolute Gasteiger partial charge is 0.461 e. The maximum absolute atomic E-state index is 13.5. The number of rotatable bonds is 8. The van der Waals surface area contributed by atoms with Crippen molar-refractivity contribution in [1.82, 2.24) is 5.32 Å². The monoisotopic (exact) mass is 623 g/mol. The Labute approximate surface area is 268 Å². The molecule has 0 radical (unpaired) electrons. The Bertz CT molecular complexity index is 1260. The fraction of sp³-hybridized carbons (Fsp3) is 0.730. The van der Waals surface area contributed by atoms with Gasteiger partial charge in [0.2, 0.25) is 0 Å². The summed E-state index contributed by atoms with van der Waals surface area (Å²) in [6.07, 6.45) is 7.94. The van der Waals surface area contributed by atoms with Crippen molar-refractivity contribution in [3.8, 4) is 0 Å². The van der Waals surface area contributed by atoms with Crippen molar-refractivity contribution in [2.45, 2.75) is 130 Å². The lowest BCUT2D eigenvalue weighted by atomic mass is 9.44. The normalized spacial score (nSPS) is 34.7. The topological polar surface area (TPSA) is 108 Å². The Morgan fingerprint density at radius 3 is 2.29 bits per heavy atom. The number of hydrogen-bond donors (Lipinski definition) is 1. The van der Waals surface area contributed by atoms with Gasteiger partial charge in [-0.1, -0.05) is 44.2 Å². The summed E-state index contributed by atoms with van der Waals surface area (Å²) in [5.74, 6) is 1.72. The lowest BCUT2D eigenvalue weighted by Gasteiger charge is -2.61. The third-order valence-corrected chi connectivity index (χ3v) is 12.0. The van der Waals surface area contributed by atoms with Gasteiger partial charge in [-0.2, -0.15) is 0 Å². The number of amides is 1. The fourth-order valence-corrected chi connectivity index (χ4v) is 9.85. The van der Waals surface area contributed by atoms with E-state index in [1.165, 1.54) is 19.3 Å². The van der Waals surface area contributed by atoms with E-state index in [2.05, 4.69) is 19.2 Å². The number of ether oxygens (including phenoxy) is 3. The number of fused-ring (bicyclic) bond motifs is 5. The molecule has 5 rings (SSSR count). The minimum absolute atomic E-state index is 0.0777. The molecule has 4 aliphatic rings. The van der Waals surface area contributed by atoms with Crippen LogP contribution in [0.3, 0.4) is 0 Å². The Morgan fingerprint density at radius 2 is 1.60 bits per heavy atom. The maximum Gasteiger partial charge on any atom is 0.408 e. The highest BCUT2D eigenvalue weighted by atomic mass is 16.6. The van der Waals surface area contributed by atoms with Gasteiger partial charge >= 0.3 is 18.0 Å². The van der Waals surface area contributed by atoms with E-state index < -0.39 is 29.7 Å². The number of carbonyl (C=O) groups is 4. The van der Waals surface area contributed by atoms with E-state index in [0.717, 1.165) is 44.1 Å². The van der Waals surface area contributed by atoms with Gasteiger partial charge in [-0.25, -0.2) is 9.59 Å². The van der Waals surface area contributed by atoms with Gasteiger partial charge in [-0.3, -0.25) is 9.59 Å². The standard InChI is InChI=1S/C37H53NO7/c1-23(39)28-14-15-29-27-13-12-25-20-26(16-18-36(25,5)30(27)17-19-37(28,29)6)44-33(41)31(38-34(42)45-35(2,3)4)21-32(40)43-22-24-10-8-7-9-11-24/h7-11,25-31H,12-22H2,1-6H3,(H,38,42)/t25-,26-,27?,28-,29?,30?,31+,36+,37-/m1/s1. The zero-order chi connectivity index (χ0) is 32.6. The van der Waals surface area contributed by atoms with Gasteiger partial charge in [-0.05, 0) is 126 Å². The molecule has 1 amide bonds. The summed E-state index contributed by atoms with van der Waals surface area (Å²) in [6, 6.07) is 8.10. The van der Waals surface area contributed by atoms with E-state index >= 15 is 0 Å². The number of alkyl carbamates (subject to hydrolysis) is 1. The molecule has 0 heterocycles. The molecule has 0 bridgehead atoms. The van der Waals surface area contributed by atoms with E-state index in [1.54, 1.807) is 27.7 Å². The number of Topliss-reactive ketones (excluding diaryl/α,β-unsaturated/α-hetero) is 1. The van der Waals surface area contributed by atoms with Crippen molar-refractivity contribution >= 4 is 23.8 Å². The van der Waals surface area contributed by atoms with Crippen molar-refractivity contribution in [3.63, 3.8) is 0 Å². The third-order valence-electron chi connectivity index (χ3n) is 12.0. The van der Waals surface area contributed by atoms with Crippen LogP contribution in [0.4, 0.5) is 4.79 Å². The van der Waals surface area contributed by atoms with Gasteiger partial charge in [0, 0.05) is 5.92 Å². The predicted octanol–water partition coefficient (Wildman–Crippen LogP) is 7.17. The van der Waals surface area contributed by atoms with Crippen LogP contribution in [0.25, 0.3) is 0 Å². The van der Waals surface area contributed by atoms with E-state index in [-0.39, 0.29) is 35.9 Å². The van der Waals surface area contributed by atoms with Crippen LogP contribution < -0.4 is 5.32 Å². The van der Waals surface area contributed by atoms with Crippen LogP contribution in [-0.2, 0) is 35.2 Å². The molecule has 0 spiro atoms. The third kappa shape index (κ3) is 7.25. The zero-order valence-corrected chi connectivity index (χ0v) is 28.1. The number of ketones is 1. The van der Waals surface area contributed by atoms with Crippen LogP contribution >= 0.6 is 0 Å². The summed E-state index contributed by atoms with van der Waals surface area (Å²) in [4.78, 5) is 51.4. The van der Waals surface area contributed by atoms with Crippen molar-refractivity contribution in [3.05, 3.63) is 35.9 Å². The van der Waals surface area contributed by atoms with Crippen LogP contribution in [0, 0.1) is 40.4 Å². The van der Waals surface area contributed by atoms with Gasteiger partial charge in [-0.15, -0.1) is 0 Å². The first-order valence-corrected chi connectivity index (χ1v) is 17.1. The summed E-state index contributed by atoms with van der Waals surface area (Å²) in [5, 5.41) is 2.57. The van der Waals surface area contributed by atoms with Gasteiger partial charge in [0.1, 0.15) is 30.1 Å². The molecule has 8 nitrogen and oxygen atoms in total. The highest BCUT2D eigenvalue weighted by molar-refractivity contribution is 5.86. The average molecular weight is 624 g/mol. The smallest absolute Gasteiger partial charge is 0.408 e. The van der Waals surface area contributed by atoms with Gasteiger partial charge in [0.05, 0.1) is 6.42 Å². The molecule has 3 unspecified atom stereocenters. The number of hydrogen-bond acceptors (Lipinski definition) is 7. The highest BCUT2D eigenvalue weighted by Crippen LogP contribution is 2.67. The molecule has 248 valence electrons. The minimum atomic E-state index is -1.21. The summed E-state index contributed by atoms with van der Waals surface area (Å²) < 4.78 is 16.8. The summed E-state index contributed by atoms with van der Waals surface area (Å²) >= 11 is 0. The van der Waals surface area contributed by atoms with Crippen molar-refractivity contribution in [2.75, 3.05) is 0 Å².